The van der Waals surface area contributed by atoms with Gasteiger partial charge in [-0.15, -0.1) is 0 Å². The molecule has 0 aromatic heterocycles. The first kappa shape index (κ1) is 18.5. The van der Waals surface area contributed by atoms with Gasteiger partial charge in [-0.05, 0) is 44.2 Å². The highest BCUT2D eigenvalue weighted by Crippen LogP contribution is 2.19. The summed E-state index contributed by atoms with van der Waals surface area (Å²) in [4.78, 5) is 26.4. The predicted octanol–water partition coefficient (Wildman–Crippen LogP) is 1.55. The summed E-state index contributed by atoms with van der Waals surface area (Å²) in [5, 5.41) is 2.83. The Kier molecular flexibility index (Phi) is 6.79. The third-order valence-electron chi connectivity index (χ3n) is 4.69. The van der Waals surface area contributed by atoms with Gasteiger partial charge in [-0.1, -0.05) is 23.8 Å². The zero-order valence-corrected chi connectivity index (χ0v) is 14.8. The van der Waals surface area contributed by atoms with Crippen molar-refractivity contribution < 1.29 is 9.59 Å². The number of nitrogens with zero attached hydrogens (tertiary/aromatic N) is 1. The Labute approximate surface area is 144 Å². The SMILES string of the molecule is Cc1ccc(CCC(=O)N2CCCC(C(=O)NCCN)C2)c(C)c1. The fourth-order valence-electron chi connectivity index (χ4n) is 3.28. The molecule has 1 saturated heterocycles. The Bertz CT molecular complexity index is 586. The highest BCUT2D eigenvalue weighted by Gasteiger charge is 2.27. The van der Waals surface area contributed by atoms with Crippen LogP contribution in [0.2, 0.25) is 0 Å². The lowest BCUT2D eigenvalue weighted by Crippen LogP contribution is -2.46. The molecule has 1 fully saturated rings. The highest BCUT2D eigenvalue weighted by molar-refractivity contribution is 5.81. The lowest BCUT2D eigenvalue weighted by Gasteiger charge is -2.32. The molecule has 1 aromatic rings. The zero-order chi connectivity index (χ0) is 17.5. The van der Waals surface area contributed by atoms with Gasteiger partial charge in [0.15, 0.2) is 0 Å². The number of carbonyl (C=O) groups is 2. The molecule has 2 amide bonds. The van der Waals surface area contributed by atoms with E-state index in [1.54, 1.807) is 0 Å². The van der Waals surface area contributed by atoms with Gasteiger partial charge in [-0.2, -0.15) is 0 Å². The molecule has 1 aromatic carbocycles. The average Bonchev–Trinajstić information content (AvgIpc) is 2.58. The zero-order valence-electron chi connectivity index (χ0n) is 14.8. The van der Waals surface area contributed by atoms with E-state index in [1.807, 2.05) is 4.90 Å². The first-order valence-electron chi connectivity index (χ1n) is 8.83. The fraction of sp³-hybridized carbons (Fsp3) is 0.579. The van der Waals surface area contributed by atoms with E-state index >= 15 is 0 Å². The molecule has 24 heavy (non-hydrogen) atoms. The van der Waals surface area contributed by atoms with Gasteiger partial charge in [0.05, 0.1) is 5.92 Å². The maximum atomic E-state index is 12.5. The van der Waals surface area contributed by atoms with Crippen LogP contribution in [0.4, 0.5) is 0 Å². The Morgan fingerprint density at radius 3 is 2.83 bits per heavy atom. The number of hydrogen-bond donors (Lipinski definition) is 2. The molecule has 2 rings (SSSR count). The maximum Gasteiger partial charge on any atom is 0.224 e. The molecule has 1 heterocycles. The summed E-state index contributed by atoms with van der Waals surface area (Å²) in [6.45, 7) is 6.39. The van der Waals surface area contributed by atoms with Crippen molar-refractivity contribution in [3.63, 3.8) is 0 Å². The van der Waals surface area contributed by atoms with Crippen molar-refractivity contribution in [1.29, 1.82) is 0 Å². The van der Waals surface area contributed by atoms with Crippen LogP contribution in [-0.4, -0.2) is 42.9 Å². The molecule has 0 aliphatic carbocycles. The van der Waals surface area contributed by atoms with Crippen molar-refractivity contribution in [3.05, 3.63) is 34.9 Å². The molecule has 1 aliphatic rings. The lowest BCUT2D eigenvalue weighted by atomic mass is 9.96. The normalized spacial score (nSPS) is 17.6. The minimum Gasteiger partial charge on any atom is -0.355 e. The Hall–Kier alpha value is -1.88. The van der Waals surface area contributed by atoms with Gasteiger partial charge < -0.3 is 16.0 Å². The number of rotatable bonds is 6. The minimum absolute atomic E-state index is 0.0207. The van der Waals surface area contributed by atoms with E-state index in [1.165, 1.54) is 16.7 Å². The molecule has 0 spiro atoms. The van der Waals surface area contributed by atoms with Crippen LogP contribution in [0, 0.1) is 19.8 Å². The summed E-state index contributed by atoms with van der Waals surface area (Å²) in [6.07, 6.45) is 2.99. The predicted molar refractivity (Wildman–Crippen MR) is 95.6 cm³/mol. The summed E-state index contributed by atoms with van der Waals surface area (Å²) in [5.74, 6) is 0.0639. The molecule has 1 unspecified atom stereocenters. The van der Waals surface area contributed by atoms with Gasteiger partial charge in [-0.3, -0.25) is 9.59 Å². The van der Waals surface area contributed by atoms with Gasteiger partial charge in [0.25, 0.3) is 0 Å². The summed E-state index contributed by atoms with van der Waals surface area (Å²) in [6, 6.07) is 6.35. The molecule has 0 saturated carbocycles. The van der Waals surface area contributed by atoms with Crippen molar-refractivity contribution in [2.75, 3.05) is 26.2 Å². The Morgan fingerprint density at radius 1 is 1.33 bits per heavy atom. The van der Waals surface area contributed by atoms with E-state index in [9.17, 15) is 9.59 Å². The fourth-order valence-corrected chi connectivity index (χ4v) is 3.28. The van der Waals surface area contributed by atoms with Crippen LogP contribution in [0.15, 0.2) is 18.2 Å². The van der Waals surface area contributed by atoms with Crippen molar-refractivity contribution in [3.8, 4) is 0 Å². The van der Waals surface area contributed by atoms with E-state index in [0.717, 1.165) is 25.8 Å². The number of amides is 2. The second kappa shape index (κ2) is 8.83. The molecule has 0 radical (unpaired) electrons. The summed E-state index contributed by atoms with van der Waals surface area (Å²) in [5.41, 5.74) is 9.12. The molecule has 1 aliphatic heterocycles. The Balaban J connectivity index is 1.86. The standard InChI is InChI=1S/C19H29N3O2/c1-14-5-6-16(15(2)12-14)7-8-18(23)22-11-3-4-17(13-22)19(24)21-10-9-20/h5-6,12,17H,3-4,7-11,13,20H2,1-2H3,(H,21,24). The Morgan fingerprint density at radius 2 is 2.12 bits per heavy atom. The topological polar surface area (TPSA) is 75.4 Å². The number of nitrogens with two attached hydrogens (primary N) is 1. The smallest absolute Gasteiger partial charge is 0.224 e. The quantitative estimate of drug-likeness (QED) is 0.830. The first-order chi connectivity index (χ1) is 11.5. The number of likely N-dealkylation sites (tertiary alicyclic amines) is 1. The number of aryl methyl sites for hydroxylation is 3. The van der Waals surface area contributed by atoms with Gasteiger partial charge in [0.2, 0.25) is 11.8 Å². The third-order valence-corrected chi connectivity index (χ3v) is 4.69. The molecule has 5 nitrogen and oxygen atoms in total. The molecule has 132 valence electrons. The van der Waals surface area contributed by atoms with Crippen LogP contribution in [-0.2, 0) is 16.0 Å². The average molecular weight is 331 g/mol. The first-order valence-corrected chi connectivity index (χ1v) is 8.83. The van der Waals surface area contributed by atoms with E-state index in [2.05, 4.69) is 37.4 Å². The number of piperidine rings is 1. The van der Waals surface area contributed by atoms with E-state index < -0.39 is 0 Å². The number of benzene rings is 1. The van der Waals surface area contributed by atoms with E-state index in [4.69, 9.17) is 5.73 Å². The van der Waals surface area contributed by atoms with Crippen molar-refractivity contribution in [1.82, 2.24) is 10.2 Å². The second-order valence-electron chi connectivity index (χ2n) is 6.69. The molecule has 0 bridgehead atoms. The number of hydrogen-bond acceptors (Lipinski definition) is 3. The van der Waals surface area contributed by atoms with Crippen LogP contribution < -0.4 is 11.1 Å². The molecule has 5 heteroatoms. The number of nitrogens with one attached hydrogen (secondary N) is 1. The number of carbonyl (C=O) groups excluding carboxylic acids is 2. The van der Waals surface area contributed by atoms with Crippen molar-refractivity contribution in [2.45, 2.75) is 39.5 Å². The molecular weight excluding hydrogens is 302 g/mol. The van der Waals surface area contributed by atoms with E-state index in [0.29, 0.717) is 26.1 Å². The van der Waals surface area contributed by atoms with Crippen LogP contribution in [0.3, 0.4) is 0 Å². The molecule has 3 N–H and O–H groups in total. The van der Waals surface area contributed by atoms with Crippen LogP contribution in [0.1, 0.15) is 36.0 Å². The van der Waals surface area contributed by atoms with Gasteiger partial charge in [0.1, 0.15) is 0 Å². The summed E-state index contributed by atoms with van der Waals surface area (Å²) >= 11 is 0. The van der Waals surface area contributed by atoms with Crippen LogP contribution in [0.5, 0.6) is 0 Å². The highest BCUT2D eigenvalue weighted by atomic mass is 16.2. The van der Waals surface area contributed by atoms with Crippen LogP contribution >= 0.6 is 0 Å². The van der Waals surface area contributed by atoms with Gasteiger partial charge >= 0.3 is 0 Å². The van der Waals surface area contributed by atoms with E-state index in [-0.39, 0.29) is 17.7 Å². The second-order valence-corrected chi connectivity index (χ2v) is 6.69. The van der Waals surface area contributed by atoms with Gasteiger partial charge in [-0.25, -0.2) is 0 Å². The molecule has 1 atom stereocenters. The largest absolute Gasteiger partial charge is 0.355 e. The van der Waals surface area contributed by atoms with Crippen molar-refractivity contribution in [2.24, 2.45) is 11.7 Å². The van der Waals surface area contributed by atoms with Gasteiger partial charge in [0, 0.05) is 32.6 Å². The summed E-state index contributed by atoms with van der Waals surface area (Å²) < 4.78 is 0. The minimum atomic E-state index is -0.102. The monoisotopic (exact) mass is 331 g/mol. The van der Waals surface area contributed by atoms with Crippen LogP contribution in [0.25, 0.3) is 0 Å². The maximum absolute atomic E-state index is 12.5. The third kappa shape index (κ3) is 5.06. The summed E-state index contributed by atoms with van der Waals surface area (Å²) in [7, 11) is 0. The lowest BCUT2D eigenvalue weighted by molar-refractivity contribution is -0.135. The molecular formula is C19H29N3O2. The van der Waals surface area contributed by atoms with Crippen molar-refractivity contribution >= 4 is 11.8 Å².